The molecule has 0 aliphatic rings. The van der Waals surface area contributed by atoms with Crippen LogP contribution in [0.3, 0.4) is 0 Å². The summed E-state index contributed by atoms with van der Waals surface area (Å²) in [5.74, 6) is 0. The smallest absolute Gasteiger partial charge is 0.0480 e. The highest BCUT2D eigenvalue weighted by Gasteiger charge is 2.09. The minimum absolute atomic E-state index is 0.159. The van der Waals surface area contributed by atoms with Crippen LogP contribution in [0.5, 0.6) is 0 Å². The Balaban J connectivity index is 2.11. The molecule has 0 unspecified atom stereocenters. The van der Waals surface area contributed by atoms with E-state index in [0.717, 1.165) is 19.6 Å². The highest BCUT2D eigenvalue weighted by Crippen LogP contribution is 2.18. The molecule has 2 aromatic rings. The molecule has 20 heavy (non-hydrogen) atoms. The third kappa shape index (κ3) is 4.09. The van der Waals surface area contributed by atoms with Crippen LogP contribution in [0.25, 0.3) is 10.9 Å². The Morgan fingerprint density at radius 1 is 1.15 bits per heavy atom. The van der Waals surface area contributed by atoms with Crippen molar-refractivity contribution >= 4 is 10.9 Å². The van der Waals surface area contributed by atoms with Gasteiger partial charge in [-0.25, -0.2) is 0 Å². The maximum Gasteiger partial charge on any atom is 0.0480 e. The number of likely N-dealkylation sites (N-methyl/N-ethyl adjacent to an activating group) is 1. The summed E-state index contributed by atoms with van der Waals surface area (Å²) in [6, 6.07) is 8.98. The van der Waals surface area contributed by atoms with Crippen molar-refractivity contribution in [1.82, 2.24) is 14.8 Å². The number of hydrogen-bond donors (Lipinski definition) is 1. The molecule has 2 rings (SSSR count). The van der Waals surface area contributed by atoms with Gasteiger partial charge >= 0.3 is 0 Å². The molecule has 0 atom stereocenters. The average Bonchev–Trinajstić information content (AvgIpc) is 2.75. The van der Waals surface area contributed by atoms with E-state index >= 15 is 0 Å². The van der Waals surface area contributed by atoms with Gasteiger partial charge in [0.2, 0.25) is 0 Å². The quantitative estimate of drug-likeness (QED) is 0.903. The van der Waals surface area contributed by atoms with E-state index in [2.05, 4.69) is 80.1 Å². The molecule has 3 nitrogen and oxygen atoms in total. The first-order valence-corrected chi connectivity index (χ1v) is 7.33. The van der Waals surface area contributed by atoms with Crippen molar-refractivity contribution in [2.24, 2.45) is 0 Å². The van der Waals surface area contributed by atoms with E-state index < -0.39 is 0 Å². The number of nitrogens with one attached hydrogen (secondary N) is 1. The topological polar surface area (TPSA) is 20.2 Å². The Morgan fingerprint density at radius 3 is 2.55 bits per heavy atom. The number of rotatable bonds is 5. The van der Waals surface area contributed by atoms with Crippen LogP contribution in [-0.4, -0.2) is 35.6 Å². The van der Waals surface area contributed by atoms with E-state index in [1.807, 2.05) is 0 Å². The van der Waals surface area contributed by atoms with Crippen molar-refractivity contribution in [3.05, 3.63) is 36.0 Å². The minimum atomic E-state index is 0.159. The lowest BCUT2D eigenvalue weighted by atomic mass is 10.1. The largest absolute Gasteiger partial charge is 0.346 e. The Bertz CT molecular complexity index is 561. The van der Waals surface area contributed by atoms with E-state index in [1.54, 1.807) is 0 Å². The van der Waals surface area contributed by atoms with E-state index in [9.17, 15) is 0 Å². The molecule has 0 spiro atoms. The summed E-state index contributed by atoms with van der Waals surface area (Å²) >= 11 is 0. The predicted molar refractivity (Wildman–Crippen MR) is 87.1 cm³/mol. The summed E-state index contributed by atoms with van der Waals surface area (Å²) in [6.45, 7) is 9.62. The van der Waals surface area contributed by atoms with Crippen LogP contribution in [0, 0.1) is 0 Å². The summed E-state index contributed by atoms with van der Waals surface area (Å²) in [6.07, 6.45) is 2.19. The van der Waals surface area contributed by atoms with Gasteiger partial charge in [-0.3, -0.25) is 0 Å². The zero-order chi connectivity index (χ0) is 14.8. The Kier molecular flexibility index (Phi) is 4.51. The summed E-state index contributed by atoms with van der Waals surface area (Å²) in [7, 11) is 4.23. The molecular weight excluding hydrogens is 246 g/mol. The molecule has 0 amide bonds. The lowest BCUT2D eigenvalue weighted by Crippen LogP contribution is -2.35. The van der Waals surface area contributed by atoms with Gasteiger partial charge in [0, 0.05) is 36.9 Å². The standard InChI is InChI=1S/C17H27N3/c1-17(2,3)18-13-14-6-7-16-15(12-14)8-9-20(16)11-10-19(4)5/h6-9,12,18H,10-11,13H2,1-5H3. The van der Waals surface area contributed by atoms with Crippen LogP contribution >= 0.6 is 0 Å². The van der Waals surface area contributed by atoms with E-state index in [-0.39, 0.29) is 5.54 Å². The molecule has 0 aliphatic carbocycles. The van der Waals surface area contributed by atoms with Crippen LogP contribution in [-0.2, 0) is 13.1 Å². The normalized spacial score (nSPS) is 12.5. The summed E-state index contributed by atoms with van der Waals surface area (Å²) in [4.78, 5) is 2.22. The maximum absolute atomic E-state index is 3.54. The second-order valence-corrected chi connectivity index (χ2v) is 6.81. The van der Waals surface area contributed by atoms with E-state index in [1.165, 1.54) is 16.5 Å². The van der Waals surface area contributed by atoms with Gasteiger partial charge in [0.1, 0.15) is 0 Å². The van der Waals surface area contributed by atoms with Gasteiger partial charge in [0.05, 0.1) is 0 Å². The monoisotopic (exact) mass is 273 g/mol. The fourth-order valence-corrected chi connectivity index (χ4v) is 2.23. The number of aromatic nitrogens is 1. The fourth-order valence-electron chi connectivity index (χ4n) is 2.23. The molecule has 3 heteroatoms. The number of hydrogen-bond acceptors (Lipinski definition) is 2. The Morgan fingerprint density at radius 2 is 1.90 bits per heavy atom. The van der Waals surface area contributed by atoms with Crippen LogP contribution in [0.1, 0.15) is 26.3 Å². The highest BCUT2D eigenvalue weighted by atomic mass is 15.1. The molecule has 1 aromatic heterocycles. The first-order valence-electron chi connectivity index (χ1n) is 7.33. The predicted octanol–water partition coefficient (Wildman–Crippen LogP) is 3.09. The van der Waals surface area contributed by atoms with Crippen LogP contribution in [0.4, 0.5) is 0 Å². The summed E-state index contributed by atoms with van der Waals surface area (Å²) in [5.41, 5.74) is 2.83. The molecule has 0 aliphatic heterocycles. The zero-order valence-electron chi connectivity index (χ0n) is 13.4. The average molecular weight is 273 g/mol. The van der Waals surface area contributed by atoms with Gasteiger partial charge in [-0.15, -0.1) is 0 Å². The lowest BCUT2D eigenvalue weighted by Gasteiger charge is -2.20. The van der Waals surface area contributed by atoms with Crippen molar-refractivity contribution in [3.63, 3.8) is 0 Å². The number of benzene rings is 1. The summed E-state index contributed by atoms with van der Waals surface area (Å²) in [5, 5.41) is 4.87. The van der Waals surface area contributed by atoms with Gasteiger partial charge in [0.25, 0.3) is 0 Å². The summed E-state index contributed by atoms with van der Waals surface area (Å²) < 4.78 is 2.33. The highest BCUT2D eigenvalue weighted by molar-refractivity contribution is 5.80. The molecule has 110 valence electrons. The molecule has 0 saturated carbocycles. The van der Waals surface area contributed by atoms with E-state index in [0.29, 0.717) is 0 Å². The first kappa shape index (κ1) is 15.1. The number of fused-ring (bicyclic) bond motifs is 1. The van der Waals surface area contributed by atoms with Crippen molar-refractivity contribution in [2.45, 2.75) is 39.4 Å². The van der Waals surface area contributed by atoms with E-state index in [4.69, 9.17) is 0 Å². The molecule has 0 radical (unpaired) electrons. The molecular formula is C17H27N3. The third-order valence-electron chi connectivity index (χ3n) is 3.45. The van der Waals surface area contributed by atoms with Crippen molar-refractivity contribution in [3.8, 4) is 0 Å². The Hall–Kier alpha value is -1.32. The van der Waals surface area contributed by atoms with Gasteiger partial charge in [-0.05, 0) is 64.0 Å². The van der Waals surface area contributed by atoms with Crippen LogP contribution in [0.2, 0.25) is 0 Å². The van der Waals surface area contributed by atoms with Gasteiger partial charge in [0.15, 0.2) is 0 Å². The molecule has 0 fully saturated rings. The molecule has 0 bridgehead atoms. The lowest BCUT2D eigenvalue weighted by molar-refractivity contribution is 0.387. The number of nitrogens with zero attached hydrogens (tertiary/aromatic N) is 2. The van der Waals surface area contributed by atoms with Crippen molar-refractivity contribution in [2.75, 3.05) is 20.6 Å². The molecule has 1 N–H and O–H groups in total. The second-order valence-electron chi connectivity index (χ2n) is 6.81. The minimum Gasteiger partial charge on any atom is -0.346 e. The second kappa shape index (κ2) is 5.98. The Labute approximate surface area is 122 Å². The van der Waals surface area contributed by atoms with Gasteiger partial charge < -0.3 is 14.8 Å². The van der Waals surface area contributed by atoms with Crippen molar-refractivity contribution < 1.29 is 0 Å². The molecule has 1 aromatic carbocycles. The van der Waals surface area contributed by atoms with Crippen molar-refractivity contribution in [1.29, 1.82) is 0 Å². The first-order chi connectivity index (χ1) is 9.35. The molecule has 0 saturated heterocycles. The van der Waals surface area contributed by atoms with Crippen LogP contribution < -0.4 is 5.32 Å². The zero-order valence-corrected chi connectivity index (χ0v) is 13.4. The SMILES string of the molecule is CN(C)CCn1ccc2cc(CNC(C)(C)C)ccc21. The van der Waals surface area contributed by atoms with Gasteiger partial charge in [-0.1, -0.05) is 6.07 Å². The fraction of sp³-hybridized carbons (Fsp3) is 0.529. The van der Waals surface area contributed by atoms with Gasteiger partial charge in [-0.2, -0.15) is 0 Å². The van der Waals surface area contributed by atoms with Crippen LogP contribution in [0.15, 0.2) is 30.5 Å². The maximum atomic E-state index is 3.54. The third-order valence-corrected chi connectivity index (χ3v) is 3.45. The molecule has 1 heterocycles.